The Bertz CT molecular complexity index is 702. The van der Waals surface area contributed by atoms with Crippen LogP contribution in [0.5, 0.6) is 0 Å². The van der Waals surface area contributed by atoms with E-state index in [4.69, 9.17) is 5.11 Å². The number of carboxylic acid groups (broad SMARTS) is 1. The van der Waals surface area contributed by atoms with Gasteiger partial charge in [-0.25, -0.2) is 4.79 Å². The van der Waals surface area contributed by atoms with E-state index in [1.165, 1.54) is 18.3 Å². The van der Waals surface area contributed by atoms with Crippen LogP contribution in [-0.2, 0) is 6.54 Å². The first-order chi connectivity index (χ1) is 10.0. The highest BCUT2D eigenvalue weighted by Gasteiger charge is 2.15. The highest BCUT2D eigenvalue weighted by molar-refractivity contribution is 5.92. The average Bonchev–Trinajstić information content (AvgIpc) is 2.46. The fourth-order valence-electron chi connectivity index (χ4n) is 1.87. The highest BCUT2D eigenvalue weighted by Crippen LogP contribution is 2.22. The van der Waals surface area contributed by atoms with E-state index in [1.807, 2.05) is 0 Å². The number of benzene rings is 1. The monoisotopic (exact) mass is 288 g/mol. The number of carboxylic acids is 1. The number of aromatic carboxylic acids is 1. The molecule has 21 heavy (non-hydrogen) atoms. The molecule has 0 unspecified atom stereocenters. The van der Waals surface area contributed by atoms with Crippen LogP contribution in [-0.4, -0.2) is 26.2 Å². The molecule has 8 heteroatoms. The molecule has 2 N–H and O–H groups in total. The van der Waals surface area contributed by atoms with Crippen molar-refractivity contribution in [1.29, 1.82) is 0 Å². The number of anilines is 1. The summed E-state index contributed by atoms with van der Waals surface area (Å²) in [4.78, 5) is 21.5. The predicted octanol–water partition coefficient (Wildman–Crippen LogP) is 2.00. The van der Waals surface area contributed by atoms with Crippen molar-refractivity contribution in [2.75, 3.05) is 5.32 Å². The number of hydrogen-bond donors (Lipinski definition) is 2. The molecule has 0 spiro atoms. The Morgan fingerprint density at radius 1 is 1.43 bits per heavy atom. The minimum atomic E-state index is -1.12. The zero-order valence-corrected chi connectivity index (χ0v) is 11.1. The zero-order valence-electron chi connectivity index (χ0n) is 11.1. The van der Waals surface area contributed by atoms with E-state index in [0.29, 0.717) is 11.1 Å². The Labute approximate surface area is 119 Å². The highest BCUT2D eigenvalue weighted by atomic mass is 16.6. The van der Waals surface area contributed by atoms with Crippen LogP contribution in [0.15, 0.2) is 30.5 Å². The van der Waals surface area contributed by atoms with Gasteiger partial charge in [0.2, 0.25) is 0 Å². The van der Waals surface area contributed by atoms with E-state index in [2.05, 4.69) is 15.5 Å². The van der Waals surface area contributed by atoms with E-state index >= 15 is 0 Å². The van der Waals surface area contributed by atoms with Crippen LogP contribution in [0.25, 0.3) is 0 Å². The van der Waals surface area contributed by atoms with Gasteiger partial charge in [-0.15, -0.1) is 5.10 Å². The third kappa shape index (κ3) is 3.11. The largest absolute Gasteiger partial charge is 0.478 e. The summed E-state index contributed by atoms with van der Waals surface area (Å²) >= 11 is 0. The molecule has 8 nitrogen and oxygen atoms in total. The quantitative estimate of drug-likeness (QED) is 0.638. The molecule has 0 aliphatic carbocycles. The lowest BCUT2D eigenvalue weighted by Crippen LogP contribution is -2.10. The van der Waals surface area contributed by atoms with Crippen LogP contribution in [0, 0.1) is 17.0 Å². The molecule has 0 bridgehead atoms. The number of nitrogens with one attached hydrogen (secondary N) is 1. The van der Waals surface area contributed by atoms with Gasteiger partial charge in [-0.3, -0.25) is 10.1 Å². The number of nitrogens with zero attached hydrogens (tertiary/aromatic N) is 3. The van der Waals surface area contributed by atoms with Crippen molar-refractivity contribution in [2.24, 2.45) is 0 Å². The number of nitro benzene ring substituents is 1. The minimum absolute atomic E-state index is 0.00640. The fraction of sp³-hybridized carbons (Fsp3) is 0.154. The fourth-order valence-corrected chi connectivity index (χ4v) is 1.87. The molecule has 0 radical (unpaired) electrons. The van der Waals surface area contributed by atoms with Crippen molar-refractivity contribution in [3.8, 4) is 0 Å². The second-order valence-electron chi connectivity index (χ2n) is 4.27. The van der Waals surface area contributed by atoms with Crippen molar-refractivity contribution in [2.45, 2.75) is 13.5 Å². The summed E-state index contributed by atoms with van der Waals surface area (Å²) in [5.41, 5.74) is 1.22. The van der Waals surface area contributed by atoms with Crippen LogP contribution in [0.4, 0.5) is 11.5 Å². The van der Waals surface area contributed by atoms with Gasteiger partial charge in [-0.2, -0.15) is 5.10 Å². The third-order valence-electron chi connectivity index (χ3n) is 3.01. The predicted molar refractivity (Wildman–Crippen MR) is 74.2 cm³/mol. The van der Waals surface area contributed by atoms with Gasteiger partial charge in [-0.1, -0.05) is 12.1 Å². The maximum Gasteiger partial charge on any atom is 0.339 e. The summed E-state index contributed by atoms with van der Waals surface area (Å²) in [7, 11) is 0. The molecule has 0 aliphatic rings. The van der Waals surface area contributed by atoms with E-state index in [1.54, 1.807) is 19.1 Å². The molecule has 0 fully saturated rings. The van der Waals surface area contributed by atoms with Gasteiger partial charge in [0.15, 0.2) is 5.82 Å². The first-order valence-corrected chi connectivity index (χ1v) is 6.02. The minimum Gasteiger partial charge on any atom is -0.478 e. The third-order valence-corrected chi connectivity index (χ3v) is 3.01. The van der Waals surface area contributed by atoms with Gasteiger partial charge in [-0.05, 0) is 18.6 Å². The molecule has 0 atom stereocenters. The topological polar surface area (TPSA) is 118 Å². The first-order valence-electron chi connectivity index (χ1n) is 6.02. The number of hydrogen-bond acceptors (Lipinski definition) is 6. The lowest BCUT2D eigenvalue weighted by atomic mass is 10.1. The number of rotatable bonds is 5. The summed E-state index contributed by atoms with van der Waals surface area (Å²) in [6, 6.07) is 6.06. The Morgan fingerprint density at radius 3 is 2.86 bits per heavy atom. The number of carbonyl (C=O) groups is 1. The standard InChI is InChI=1S/C13H12N4O4/c1-8-9(3-2-4-11(8)17(20)21)7-14-12-10(13(18)19)5-6-15-16-12/h2-6H,7H2,1H3,(H,14,16)(H,18,19). The van der Waals surface area contributed by atoms with E-state index < -0.39 is 10.9 Å². The molecule has 2 rings (SSSR count). The molecule has 0 amide bonds. The Hall–Kier alpha value is -3.03. The molecule has 0 aliphatic heterocycles. The van der Waals surface area contributed by atoms with Crippen molar-refractivity contribution in [1.82, 2.24) is 10.2 Å². The number of aromatic nitrogens is 2. The summed E-state index contributed by atoms with van der Waals surface area (Å²) in [6.45, 7) is 1.86. The van der Waals surface area contributed by atoms with Gasteiger partial charge in [0.25, 0.3) is 5.69 Å². The van der Waals surface area contributed by atoms with Crippen LogP contribution < -0.4 is 5.32 Å². The van der Waals surface area contributed by atoms with Gasteiger partial charge in [0.1, 0.15) is 5.56 Å². The second kappa shape index (κ2) is 5.95. The number of nitro groups is 1. The van der Waals surface area contributed by atoms with E-state index in [-0.39, 0.29) is 23.6 Å². The maximum atomic E-state index is 11.0. The summed E-state index contributed by atoms with van der Waals surface area (Å²) in [5, 5.41) is 30.1. The van der Waals surface area contributed by atoms with Crippen LogP contribution in [0.2, 0.25) is 0 Å². The van der Waals surface area contributed by atoms with Crippen molar-refractivity contribution in [3.63, 3.8) is 0 Å². The normalized spacial score (nSPS) is 10.1. The molecule has 0 saturated carbocycles. The second-order valence-corrected chi connectivity index (χ2v) is 4.27. The molecule has 2 aromatic rings. The molecule has 108 valence electrons. The van der Waals surface area contributed by atoms with E-state index in [0.717, 1.165) is 0 Å². The summed E-state index contributed by atoms with van der Waals surface area (Å²) in [6.07, 6.45) is 1.28. The van der Waals surface area contributed by atoms with Crippen molar-refractivity contribution in [3.05, 3.63) is 57.3 Å². The lowest BCUT2D eigenvalue weighted by Gasteiger charge is -2.09. The Balaban J connectivity index is 2.23. The molecular weight excluding hydrogens is 276 g/mol. The molecule has 1 aromatic carbocycles. The summed E-state index contributed by atoms with van der Waals surface area (Å²) in [5.74, 6) is -1.00. The van der Waals surface area contributed by atoms with Crippen LogP contribution >= 0.6 is 0 Å². The maximum absolute atomic E-state index is 11.0. The van der Waals surface area contributed by atoms with Gasteiger partial charge < -0.3 is 10.4 Å². The zero-order chi connectivity index (χ0) is 15.4. The van der Waals surface area contributed by atoms with Crippen molar-refractivity contribution < 1.29 is 14.8 Å². The van der Waals surface area contributed by atoms with Gasteiger partial charge in [0, 0.05) is 18.2 Å². The average molecular weight is 288 g/mol. The van der Waals surface area contributed by atoms with Gasteiger partial charge in [0.05, 0.1) is 11.1 Å². The molecule has 1 aromatic heterocycles. The molecule has 0 saturated heterocycles. The SMILES string of the molecule is Cc1c(CNc2nnccc2C(=O)O)cccc1[N+](=O)[O-]. The first kappa shape index (κ1) is 14.4. The summed E-state index contributed by atoms with van der Waals surface area (Å²) < 4.78 is 0. The Kier molecular flexibility index (Phi) is 4.07. The smallest absolute Gasteiger partial charge is 0.339 e. The molecular formula is C13H12N4O4. The van der Waals surface area contributed by atoms with Gasteiger partial charge >= 0.3 is 5.97 Å². The lowest BCUT2D eigenvalue weighted by molar-refractivity contribution is -0.385. The Morgan fingerprint density at radius 2 is 2.19 bits per heavy atom. The molecule has 1 heterocycles. The van der Waals surface area contributed by atoms with Crippen molar-refractivity contribution >= 4 is 17.5 Å². The van der Waals surface area contributed by atoms with Crippen LogP contribution in [0.1, 0.15) is 21.5 Å². The van der Waals surface area contributed by atoms with E-state index in [9.17, 15) is 14.9 Å². The van der Waals surface area contributed by atoms with Crippen LogP contribution in [0.3, 0.4) is 0 Å².